The predicted molar refractivity (Wildman–Crippen MR) is 71.0 cm³/mol. The number of nitro groups is 1. The molecule has 1 aromatic rings. The first-order valence-electron chi connectivity index (χ1n) is 5.49. The minimum Gasteiger partial charge on any atom is -0.366 e. The second-order valence-corrected chi connectivity index (χ2v) is 4.01. The molecule has 0 bridgehead atoms. The summed E-state index contributed by atoms with van der Waals surface area (Å²) in [6.45, 7) is 2.64. The van der Waals surface area contributed by atoms with Crippen molar-refractivity contribution in [2.75, 3.05) is 18.5 Å². The van der Waals surface area contributed by atoms with Crippen molar-refractivity contribution >= 4 is 17.3 Å². The van der Waals surface area contributed by atoms with Gasteiger partial charge in [-0.2, -0.15) is 0 Å². The van der Waals surface area contributed by atoms with E-state index in [1.807, 2.05) is 6.92 Å². The van der Waals surface area contributed by atoms with E-state index < -0.39 is 4.92 Å². The van der Waals surface area contributed by atoms with Gasteiger partial charge in [0.2, 0.25) is 0 Å². The molecule has 1 aromatic heterocycles. The molecule has 0 saturated carbocycles. The predicted octanol–water partition coefficient (Wildman–Crippen LogP) is 2.25. The van der Waals surface area contributed by atoms with Crippen molar-refractivity contribution < 1.29 is 4.92 Å². The first kappa shape index (κ1) is 14.2. The molecule has 0 unspecified atom stereocenters. The van der Waals surface area contributed by atoms with Gasteiger partial charge in [0.25, 0.3) is 6.20 Å². The normalized spacial score (nSPS) is 11.2. The number of hydrogen-bond acceptors (Lipinski definition) is 5. The lowest BCUT2D eigenvalue weighted by atomic mass is 10.4. The molecular formula is C11H15ClN4O2. The maximum Gasteiger partial charge on any atom is 0.274 e. The van der Waals surface area contributed by atoms with Gasteiger partial charge in [0.05, 0.1) is 16.8 Å². The molecule has 7 heteroatoms. The standard InChI is InChI=1S/C11H15ClN4O2/c1-3-6-13-11(8-16(17)18)15(2)9-4-5-10(12)14-7-9/h4-5,7-8,13H,3,6H2,1-2H3/b11-8-. The minimum absolute atomic E-state index is 0.383. The zero-order valence-corrected chi connectivity index (χ0v) is 11.0. The van der Waals surface area contributed by atoms with Crippen molar-refractivity contribution in [2.45, 2.75) is 13.3 Å². The van der Waals surface area contributed by atoms with Crippen LogP contribution in [0, 0.1) is 10.1 Å². The molecule has 0 aliphatic carbocycles. The topological polar surface area (TPSA) is 71.3 Å². The zero-order chi connectivity index (χ0) is 13.5. The van der Waals surface area contributed by atoms with Crippen LogP contribution in [0.2, 0.25) is 5.15 Å². The average molecular weight is 271 g/mol. The van der Waals surface area contributed by atoms with Gasteiger partial charge in [-0.15, -0.1) is 0 Å². The Balaban J connectivity index is 2.90. The summed E-state index contributed by atoms with van der Waals surface area (Å²) in [4.78, 5) is 15.7. The smallest absolute Gasteiger partial charge is 0.274 e. The van der Waals surface area contributed by atoms with Crippen LogP contribution in [-0.2, 0) is 0 Å². The van der Waals surface area contributed by atoms with Crippen molar-refractivity contribution in [1.29, 1.82) is 0 Å². The SMILES string of the molecule is CCCN/C(=C/[N+](=O)[O-])N(C)c1ccc(Cl)nc1. The van der Waals surface area contributed by atoms with Crippen LogP contribution >= 0.6 is 11.6 Å². The van der Waals surface area contributed by atoms with Gasteiger partial charge in [-0.3, -0.25) is 10.1 Å². The summed E-state index contributed by atoms with van der Waals surface area (Å²) in [7, 11) is 1.73. The lowest BCUT2D eigenvalue weighted by Gasteiger charge is -2.21. The van der Waals surface area contributed by atoms with Gasteiger partial charge in [-0.25, -0.2) is 4.98 Å². The summed E-state index contributed by atoms with van der Waals surface area (Å²) in [6.07, 6.45) is 3.37. The number of aromatic nitrogens is 1. The fourth-order valence-corrected chi connectivity index (χ4v) is 1.42. The highest BCUT2D eigenvalue weighted by atomic mass is 35.5. The number of nitrogens with one attached hydrogen (secondary N) is 1. The largest absolute Gasteiger partial charge is 0.366 e. The highest BCUT2D eigenvalue weighted by molar-refractivity contribution is 6.29. The highest BCUT2D eigenvalue weighted by Crippen LogP contribution is 2.16. The molecular weight excluding hydrogens is 256 g/mol. The van der Waals surface area contributed by atoms with Crippen LogP contribution in [-0.4, -0.2) is 23.5 Å². The molecule has 0 atom stereocenters. The van der Waals surface area contributed by atoms with Crippen LogP contribution in [0.4, 0.5) is 5.69 Å². The van der Waals surface area contributed by atoms with E-state index in [9.17, 15) is 10.1 Å². The number of nitrogens with zero attached hydrogens (tertiary/aromatic N) is 3. The molecule has 0 saturated heterocycles. The molecule has 0 fully saturated rings. The lowest BCUT2D eigenvalue weighted by molar-refractivity contribution is -0.403. The first-order valence-corrected chi connectivity index (χ1v) is 5.87. The Morgan fingerprint density at radius 3 is 2.89 bits per heavy atom. The van der Waals surface area contributed by atoms with E-state index >= 15 is 0 Å². The van der Waals surface area contributed by atoms with Gasteiger partial charge in [0.15, 0.2) is 5.82 Å². The molecule has 0 aliphatic rings. The van der Waals surface area contributed by atoms with Crippen LogP contribution in [0.3, 0.4) is 0 Å². The molecule has 1 heterocycles. The van der Waals surface area contributed by atoms with Gasteiger partial charge in [-0.1, -0.05) is 18.5 Å². The summed E-state index contributed by atoms with van der Waals surface area (Å²) in [6, 6.07) is 3.38. The van der Waals surface area contributed by atoms with Gasteiger partial charge < -0.3 is 10.2 Å². The fourth-order valence-electron chi connectivity index (χ4n) is 1.31. The van der Waals surface area contributed by atoms with Gasteiger partial charge in [0, 0.05) is 13.6 Å². The van der Waals surface area contributed by atoms with E-state index in [0.717, 1.165) is 18.3 Å². The number of rotatable bonds is 6. The molecule has 0 aromatic carbocycles. The van der Waals surface area contributed by atoms with Crippen molar-refractivity contribution in [2.24, 2.45) is 0 Å². The first-order chi connectivity index (χ1) is 8.54. The molecule has 0 spiro atoms. The average Bonchev–Trinajstić information content (AvgIpc) is 2.34. The summed E-state index contributed by atoms with van der Waals surface area (Å²) in [5, 5.41) is 14.0. The third kappa shape index (κ3) is 4.21. The number of pyridine rings is 1. The molecule has 1 rings (SSSR count). The van der Waals surface area contributed by atoms with E-state index in [4.69, 9.17) is 11.6 Å². The Labute approximate surface area is 110 Å². The quantitative estimate of drug-likeness (QED) is 0.488. The molecule has 0 aliphatic heterocycles. The maximum atomic E-state index is 10.6. The van der Waals surface area contributed by atoms with Crippen LogP contribution in [0.5, 0.6) is 0 Å². The van der Waals surface area contributed by atoms with Crippen LogP contribution in [0.15, 0.2) is 30.4 Å². The van der Waals surface area contributed by atoms with Crippen molar-refractivity contribution in [3.63, 3.8) is 0 Å². The van der Waals surface area contributed by atoms with E-state index in [0.29, 0.717) is 17.5 Å². The van der Waals surface area contributed by atoms with Crippen molar-refractivity contribution in [3.8, 4) is 0 Å². The Hall–Kier alpha value is -1.82. The number of anilines is 1. The van der Waals surface area contributed by atoms with Crippen LogP contribution in [0.25, 0.3) is 0 Å². The molecule has 18 heavy (non-hydrogen) atoms. The van der Waals surface area contributed by atoms with E-state index in [2.05, 4.69) is 10.3 Å². The Morgan fingerprint density at radius 1 is 1.67 bits per heavy atom. The molecule has 0 radical (unpaired) electrons. The van der Waals surface area contributed by atoms with Crippen LogP contribution in [0.1, 0.15) is 13.3 Å². The number of halogens is 1. The van der Waals surface area contributed by atoms with Gasteiger partial charge in [0.1, 0.15) is 5.15 Å². The van der Waals surface area contributed by atoms with E-state index in [1.54, 1.807) is 30.3 Å². The van der Waals surface area contributed by atoms with Crippen LogP contribution < -0.4 is 10.2 Å². The zero-order valence-electron chi connectivity index (χ0n) is 10.3. The molecule has 6 nitrogen and oxygen atoms in total. The summed E-state index contributed by atoms with van der Waals surface area (Å²) in [5.41, 5.74) is 0.719. The summed E-state index contributed by atoms with van der Waals surface area (Å²) in [5.74, 6) is 0.408. The lowest BCUT2D eigenvalue weighted by Crippen LogP contribution is -2.29. The Morgan fingerprint density at radius 2 is 2.39 bits per heavy atom. The number of hydrogen-bond donors (Lipinski definition) is 1. The van der Waals surface area contributed by atoms with Crippen molar-refractivity contribution in [1.82, 2.24) is 10.3 Å². The third-order valence-corrected chi connectivity index (χ3v) is 2.47. The highest BCUT2D eigenvalue weighted by Gasteiger charge is 2.11. The van der Waals surface area contributed by atoms with E-state index in [-0.39, 0.29) is 0 Å². The molecule has 98 valence electrons. The van der Waals surface area contributed by atoms with Gasteiger partial charge in [-0.05, 0) is 18.6 Å². The summed E-state index contributed by atoms with van der Waals surface area (Å²) < 4.78 is 0. The monoisotopic (exact) mass is 270 g/mol. The second-order valence-electron chi connectivity index (χ2n) is 3.62. The molecule has 1 N–H and O–H groups in total. The Bertz CT molecular complexity index is 433. The van der Waals surface area contributed by atoms with E-state index in [1.165, 1.54) is 0 Å². The third-order valence-electron chi connectivity index (χ3n) is 2.24. The fraction of sp³-hybridized carbons (Fsp3) is 0.364. The minimum atomic E-state index is -0.488. The molecule has 0 amide bonds. The van der Waals surface area contributed by atoms with Crippen molar-refractivity contribution in [3.05, 3.63) is 45.6 Å². The summed E-state index contributed by atoms with van der Waals surface area (Å²) >= 11 is 5.70. The second kappa shape index (κ2) is 6.80. The maximum absolute atomic E-state index is 10.6. The Kier molecular flexibility index (Phi) is 5.38. The van der Waals surface area contributed by atoms with Gasteiger partial charge >= 0.3 is 0 Å².